The fourth-order valence-electron chi connectivity index (χ4n) is 3.32. The van der Waals surface area contributed by atoms with Gasteiger partial charge in [-0.2, -0.15) is 5.10 Å². The average Bonchev–Trinajstić information content (AvgIpc) is 2.96. The van der Waals surface area contributed by atoms with Gasteiger partial charge in [0.05, 0.1) is 18.5 Å². The molecule has 1 saturated carbocycles. The second-order valence-corrected chi connectivity index (χ2v) is 8.10. The van der Waals surface area contributed by atoms with Gasteiger partial charge >= 0.3 is 0 Å². The molecule has 128 valence electrons. The molecule has 4 rings (SSSR count). The lowest BCUT2D eigenvalue weighted by atomic mass is 9.97. The van der Waals surface area contributed by atoms with E-state index in [0.717, 1.165) is 36.6 Å². The Hall–Kier alpha value is -2.11. The lowest BCUT2D eigenvalue weighted by Gasteiger charge is -2.29. The Balaban J connectivity index is 1.50. The largest absolute Gasteiger partial charge is 0.445 e. The minimum atomic E-state index is -0.264. The number of aromatic nitrogens is 3. The Morgan fingerprint density at radius 2 is 2.17 bits per heavy atom. The summed E-state index contributed by atoms with van der Waals surface area (Å²) in [4.78, 5) is 19.7. The maximum atomic E-state index is 13.0. The van der Waals surface area contributed by atoms with E-state index in [4.69, 9.17) is 4.42 Å². The first kappa shape index (κ1) is 15.4. The third-order valence-electron chi connectivity index (χ3n) is 4.99. The van der Waals surface area contributed by atoms with Crippen molar-refractivity contribution >= 4 is 5.91 Å². The molecule has 0 saturated heterocycles. The predicted octanol–water partition coefficient (Wildman–Crippen LogP) is 2.53. The van der Waals surface area contributed by atoms with Crippen LogP contribution in [0.1, 0.15) is 51.0 Å². The summed E-state index contributed by atoms with van der Waals surface area (Å²) >= 11 is 0. The van der Waals surface area contributed by atoms with Crippen LogP contribution in [0.5, 0.6) is 0 Å². The highest BCUT2D eigenvalue weighted by Gasteiger charge is 2.52. The number of carbonyl (C=O) groups is 1. The number of rotatable bonds is 3. The molecule has 0 atom stereocenters. The van der Waals surface area contributed by atoms with E-state index in [1.54, 1.807) is 6.20 Å². The summed E-state index contributed by atoms with van der Waals surface area (Å²) < 4.78 is 7.79. The van der Waals surface area contributed by atoms with Gasteiger partial charge in [0, 0.05) is 30.8 Å². The van der Waals surface area contributed by atoms with Crippen LogP contribution in [-0.4, -0.2) is 32.1 Å². The van der Waals surface area contributed by atoms with Crippen molar-refractivity contribution in [3.05, 3.63) is 35.8 Å². The molecule has 6 nitrogen and oxygen atoms in total. The van der Waals surface area contributed by atoms with Crippen molar-refractivity contribution in [1.29, 1.82) is 0 Å². The van der Waals surface area contributed by atoms with Gasteiger partial charge in [0.1, 0.15) is 11.5 Å². The fraction of sp³-hybridized carbons (Fsp3) is 0.611. The molecular formula is C18H24N4O2. The van der Waals surface area contributed by atoms with Crippen molar-refractivity contribution in [2.75, 3.05) is 6.54 Å². The monoisotopic (exact) mass is 328 g/mol. The third-order valence-corrected chi connectivity index (χ3v) is 4.99. The number of amides is 1. The van der Waals surface area contributed by atoms with E-state index in [1.807, 2.05) is 21.8 Å². The van der Waals surface area contributed by atoms with E-state index < -0.39 is 0 Å². The van der Waals surface area contributed by atoms with Crippen LogP contribution in [0, 0.1) is 5.41 Å². The number of carbonyl (C=O) groups excluding carboxylic acids is 1. The number of oxazole rings is 1. The number of fused-ring (bicyclic) bond motifs is 1. The molecule has 0 unspecified atom stereocenters. The smallest absolute Gasteiger partial charge is 0.231 e. The van der Waals surface area contributed by atoms with Gasteiger partial charge < -0.3 is 9.32 Å². The summed E-state index contributed by atoms with van der Waals surface area (Å²) in [5.74, 6) is 1.95. The van der Waals surface area contributed by atoms with Gasteiger partial charge in [-0.15, -0.1) is 0 Å². The Labute approximate surface area is 141 Å². The SMILES string of the molecule is CC(C)(C)c1nc2c(o1)CCN(C(=O)C1(Cn3cccn3)CC1)C2. The predicted molar refractivity (Wildman–Crippen MR) is 88.2 cm³/mol. The van der Waals surface area contributed by atoms with Crippen LogP contribution in [0.25, 0.3) is 0 Å². The summed E-state index contributed by atoms with van der Waals surface area (Å²) in [7, 11) is 0. The highest BCUT2D eigenvalue weighted by atomic mass is 16.4. The molecule has 0 radical (unpaired) electrons. The van der Waals surface area contributed by atoms with E-state index in [2.05, 4.69) is 30.9 Å². The van der Waals surface area contributed by atoms with Gasteiger partial charge in [-0.05, 0) is 18.9 Å². The lowest BCUT2D eigenvalue weighted by molar-refractivity contribution is -0.138. The molecule has 6 heteroatoms. The minimum Gasteiger partial charge on any atom is -0.445 e. The number of nitrogens with zero attached hydrogens (tertiary/aromatic N) is 4. The molecule has 2 aliphatic rings. The van der Waals surface area contributed by atoms with E-state index in [1.165, 1.54) is 0 Å². The van der Waals surface area contributed by atoms with E-state index in [0.29, 0.717) is 19.6 Å². The van der Waals surface area contributed by atoms with Crippen molar-refractivity contribution in [3.63, 3.8) is 0 Å². The highest BCUT2D eigenvalue weighted by molar-refractivity contribution is 5.85. The number of hydrogen-bond acceptors (Lipinski definition) is 4. The molecule has 2 aromatic heterocycles. The number of hydrogen-bond donors (Lipinski definition) is 0. The first-order valence-electron chi connectivity index (χ1n) is 8.63. The molecule has 24 heavy (non-hydrogen) atoms. The van der Waals surface area contributed by atoms with Crippen LogP contribution in [0.3, 0.4) is 0 Å². The molecule has 1 amide bonds. The highest BCUT2D eigenvalue weighted by Crippen LogP contribution is 2.49. The van der Waals surface area contributed by atoms with Crippen LogP contribution in [0.4, 0.5) is 0 Å². The Morgan fingerprint density at radius 1 is 1.38 bits per heavy atom. The zero-order valence-electron chi connectivity index (χ0n) is 14.6. The zero-order chi connectivity index (χ0) is 16.9. The van der Waals surface area contributed by atoms with Crippen molar-refractivity contribution in [2.24, 2.45) is 5.41 Å². The molecule has 0 aromatic carbocycles. The molecule has 1 fully saturated rings. The van der Waals surface area contributed by atoms with Gasteiger partial charge in [0.2, 0.25) is 5.91 Å². The third kappa shape index (κ3) is 2.64. The van der Waals surface area contributed by atoms with Crippen LogP contribution in [-0.2, 0) is 29.7 Å². The summed E-state index contributed by atoms with van der Waals surface area (Å²) in [5.41, 5.74) is 0.554. The maximum absolute atomic E-state index is 13.0. The normalized spacial score (nSPS) is 19.2. The van der Waals surface area contributed by atoms with E-state index in [-0.39, 0.29) is 16.7 Å². The summed E-state index contributed by atoms with van der Waals surface area (Å²) in [6, 6.07) is 1.90. The molecule has 0 bridgehead atoms. The van der Waals surface area contributed by atoms with Crippen molar-refractivity contribution in [2.45, 2.75) is 58.5 Å². The zero-order valence-corrected chi connectivity index (χ0v) is 14.6. The quantitative estimate of drug-likeness (QED) is 0.868. The first-order valence-corrected chi connectivity index (χ1v) is 8.63. The minimum absolute atomic E-state index is 0.107. The van der Waals surface area contributed by atoms with Gasteiger partial charge in [-0.3, -0.25) is 9.48 Å². The van der Waals surface area contributed by atoms with E-state index >= 15 is 0 Å². The van der Waals surface area contributed by atoms with Crippen LogP contribution in [0.2, 0.25) is 0 Å². The van der Waals surface area contributed by atoms with Gasteiger partial charge in [-0.25, -0.2) is 4.98 Å². The van der Waals surface area contributed by atoms with Crippen molar-refractivity contribution in [1.82, 2.24) is 19.7 Å². The molecule has 2 aromatic rings. The fourth-order valence-corrected chi connectivity index (χ4v) is 3.32. The second-order valence-electron chi connectivity index (χ2n) is 8.10. The average molecular weight is 328 g/mol. The maximum Gasteiger partial charge on any atom is 0.231 e. The Kier molecular flexibility index (Phi) is 3.34. The molecule has 1 aliphatic heterocycles. The van der Waals surface area contributed by atoms with Gasteiger partial charge in [0.25, 0.3) is 0 Å². The molecule has 3 heterocycles. The van der Waals surface area contributed by atoms with Crippen molar-refractivity contribution in [3.8, 4) is 0 Å². The molecule has 1 aliphatic carbocycles. The summed E-state index contributed by atoms with van der Waals surface area (Å²) in [5, 5.41) is 4.25. The molecule has 0 spiro atoms. The first-order chi connectivity index (χ1) is 11.4. The lowest BCUT2D eigenvalue weighted by Crippen LogP contribution is -2.42. The summed E-state index contributed by atoms with van der Waals surface area (Å²) in [6.45, 7) is 8.23. The van der Waals surface area contributed by atoms with Crippen LogP contribution >= 0.6 is 0 Å². The van der Waals surface area contributed by atoms with Gasteiger partial charge in [-0.1, -0.05) is 20.8 Å². The molecule has 0 N–H and O–H groups in total. The van der Waals surface area contributed by atoms with Crippen LogP contribution < -0.4 is 0 Å². The van der Waals surface area contributed by atoms with Crippen LogP contribution in [0.15, 0.2) is 22.9 Å². The second kappa shape index (κ2) is 5.19. The van der Waals surface area contributed by atoms with E-state index in [9.17, 15) is 4.79 Å². The summed E-state index contributed by atoms with van der Waals surface area (Å²) in [6.07, 6.45) is 6.33. The van der Waals surface area contributed by atoms with Gasteiger partial charge in [0.15, 0.2) is 5.89 Å². The Bertz CT molecular complexity index is 751. The Morgan fingerprint density at radius 3 is 2.79 bits per heavy atom. The van der Waals surface area contributed by atoms with Crippen molar-refractivity contribution < 1.29 is 9.21 Å². The topological polar surface area (TPSA) is 64.2 Å². The standard InChI is InChI=1S/C18H24N4O2/c1-17(2,3)15-20-13-11-21(10-5-14(13)24-15)16(23)18(6-7-18)12-22-9-4-8-19-22/h4,8-9H,5-7,10-12H2,1-3H3. The molecular weight excluding hydrogens is 304 g/mol.